The quantitative estimate of drug-likeness (QED) is 0.701. The maximum Gasteiger partial charge on any atom is 0.251 e. The number of carbonyl (C=O) groups is 1. The Morgan fingerprint density at radius 2 is 2.15 bits per heavy atom. The zero-order valence-corrected chi connectivity index (χ0v) is 16.2. The molecule has 1 aliphatic rings. The molecule has 0 bridgehead atoms. The van der Waals surface area contributed by atoms with E-state index in [9.17, 15) is 13.2 Å². The Kier molecular flexibility index (Phi) is 6.08. The molecular weight excluding hydrogens is 370 g/mol. The molecule has 3 N–H and O–H groups in total. The molecule has 2 unspecified atom stereocenters. The molecule has 0 spiro atoms. The van der Waals surface area contributed by atoms with Crippen molar-refractivity contribution in [2.45, 2.75) is 43.3 Å². The predicted octanol–water partition coefficient (Wildman–Crippen LogP) is 2.10. The lowest BCUT2D eigenvalue weighted by Crippen LogP contribution is -2.46. The second kappa shape index (κ2) is 8.30. The number of thiophene rings is 1. The second-order valence-electron chi connectivity index (χ2n) is 6.48. The van der Waals surface area contributed by atoms with Crippen molar-refractivity contribution >= 4 is 27.3 Å². The van der Waals surface area contributed by atoms with Gasteiger partial charge in [0, 0.05) is 29.1 Å². The van der Waals surface area contributed by atoms with Gasteiger partial charge in [0.2, 0.25) is 10.0 Å². The number of piperidine rings is 1. The second-order valence-corrected chi connectivity index (χ2v) is 9.28. The zero-order chi connectivity index (χ0) is 18.6. The lowest BCUT2D eigenvalue weighted by Gasteiger charge is -2.28. The van der Waals surface area contributed by atoms with Crippen LogP contribution in [0.2, 0.25) is 0 Å². The Bertz CT molecular complexity index is 850. The summed E-state index contributed by atoms with van der Waals surface area (Å²) in [5, 5.41) is 8.25. The maximum atomic E-state index is 12.5. The van der Waals surface area contributed by atoms with E-state index in [-0.39, 0.29) is 23.4 Å². The fourth-order valence-corrected chi connectivity index (χ4v) is 4.79. The largest absolute Gasteiger partial charge is 0.349 e. The number of amides is 1. The van der Waals surface area contributed by atoms with E-state index in [1.165, 1.54) is 23.5 Å². The monoisotopic (exact) mass is 393 g/mol. The number of hydrogen-bond acceptors (Lipinski definition) is 5. The molecule has 1 aliphatic heterocycles. The molecule has 1 amide bonds. The summed E-state index contributed by atoms with van der Waals surface area (Å²) in [5.41, 5.74) is 0.357. The predicted molar refractivity (Wildman–Crippen MR) is 103 cm³/mol. The third kappa shape index (κ3) is 4.91. The maximum absolute atomic E-state index is 12.5. The summed E-state index contributed by atoms with van der Waals surface area (Å²) in [6.45, 7) is 3.20. The summed E-state index contributed by atoms with van der Waals surface area (Å²) < 4.78 is 27.6. The fraction of sp³-hybridized carbons (Fsp3) is 0.389. The molecule has 26 heavy (non-hydrogen) atoms. The number of nitrogens with one attached hydrogen (secondary N) is 3. The van der Waals surface area contributed by atoms with Crippen LogP contribution in [0.5, 0.6) is 0 Å². The van der Waals surface area contributed by atoms with Gasteiger partial charge in [-0.25, -0.2) is 13.1 Å². The van der Waals surface area contributed by atoms with E-state index in [1.807, 2.05) is 17.5 Å². The summed E-state index contributed by atoms with van der Waals surface area (Å²) in [6.07, 6.45) is 1.74. The van der Waals surface area contributed by atoms with Crippen LogP contribution in [-0.2, 0) is 16.6 Å². The summed E-state index contributed by atoms with van der Waals surface area (Å²) >= 11 is 1.49. The molecule has 1 fully saturated rings. The van der Waals surface area contributed by atoms with E-state index < -0.39 is 10.0 Å². The number of carbonyl (C=O) groups excluding carboxylic acids is 1. The lowest BCUT2D eigenvalue weighted by atomic mass is 10.0. The van der Waals surface area contributed by atoms with Gasteiger partial charge in [-0.1, -0.05) is 12.1 Å². The van der Waals surface area contributed by atoms with Gasteiger partial charge in [0.15, 0.2) is 0 Å². The number of benzene rings is 1. The Hall–Kier alpha value is -1.74. The first-order valence-corrected chi connectivity index (χ1v) is 11.0. The van der Waals surface area contributed by atoms with Crippen LogP contribution in [0.15, 0.2) is 46.7 Å². The van der Waals surface area contributed by atoms with E-state index in [0.29, 0.717) is 11.6 Å². The molecule has 2 heterocycles. The average Bonchev–Trinajstić information content (AvgIpc) is 3.14. The minimum absolute atomic E-state index is 0.0976. The van der Waals surface area contributed by atoms with Crippen molar-refractivity contribution < 1.29 is 13.2 Å². The molecule has 3 rings (SSSR count). The highest BCUT2D eigenvalue weighted by molar-refractivity contribution is 7.89. The first-order valence-electron chi connectivity index (χ1n) is 8.60. The summed E-state index contributed by atoms with van der Waals surface area (Å²) in [7, 11) is -3.67. The van der Waals surface area contributed by atoms with Crippen LogP contribution >= 0.6 is 11.3 Å². The van der Waals surface area contributed by atoms with Crippen LogP contribution in [0.3, 0.4) is 0 Å². The zero-order valence-electron chi connectivity index (χ0n) is 14.6. The topological polar surface area (TPSA) is 87.3 Å². The van der Waals surface area contributed by atoms with Gasteiger partial charge >= 0.3 is 0 Å². The number of rotatable bonds is 6. The van der Waals surface area contributed by atoms with E-state index in [2.05, 4.69) is 22.3 Å². The molecule has 8 heteroatoms. The third-order valence-electron chi connectivity index (χ3n) is 4.38. The smallest absolute Gasteiger partial charge is 0.251 e. The first kappa shape index (κ1) is 19.0. The molecule has 140 valence electrons. The van der Waals surface area contributed by atoms with Crippen LogP contribution in [0.1, 0.15) is 35.0 Å². The summed E-state index contributed by atoms with van der Waals surface area (Å²) in [6, 6.07) is 10.4. The van der Waals surface area contributed by atoms with Crippen LogP contribution in [0, 0.1) is 0 Å². The van der Waals surface area contributed by atoms with Gasteiger partial charge in [-0.3, -0.25) is 4.79 Å². The van der Waals surface area contributed by atoms with Crippen LogP contribution in [0.25, 0.3) is 0 Å². The molecule has 0 radical (unpaired) electrons. The van der Waals surface area contributed by atoms with Crippen molar-refractivity contribution in [1.29, 1.82) is 0 Å². The molecule has 0 aliphatic carbocycles. The molecule has 6 nitrogen and oxygen atoms in total. The van der Waals surface area contributed by atoms with Crippen molar-refractivity contribution in [2.24, 2.45) is 0 Å². The van der Waals surface area contributed by atoms with Gasteiger partial charge in [0.05, 0.1) is 4.90 Å². The normalized spacial score (nSPS) is 20.7. The van der Waals surface area contributed by atoms with Gasteiger partial charge in [-0.05, 0) is 56.0 Å². The van der Waals surface area contributed by atoms with E-state index in [0.717, 1.165) is 24.3 Å². The summed E-state index contributed by atoms with van der Waals surface area (Å²) in [5.74, 6) is -0.237. The molecule has 0 saturated carbocycles. The third-order valence-corrected chi connectivity index (χ3v) is 6.66. The standard InChI is InChI=1S/C18H23N3O3S2/c1-13-10-15(7-8-19-13)21-18(22)14-4-2-6-17(11-14)26(23,24)20-12-16-5-3-9-25-16/h2-6,9,11,13,15,19-20H,7-8,10,12H2,1H3,(H,21,22). The van der Waals surface area contributed by atoms with Gasteiger partial charge in [-0.15, -0.1) is 11.3 Å². The first-order chi connectivity index (χ1) is 12.4. The molecule has 2 aromatic rings. The fourth-order valence-electron chi connectivity index (χ4n) is 3.00. The van der Waals surface area contributed by atoms with Crippen molar-refractivity contribution in [3.63, 3.8) is 0 Å². The summed E-state index contributed by atoms with van der Waals surface area (Å²) in [4.78, 5) is 13.5. The molecule has 1 aromatic heterocycles. The average molecular weight is 394 g/mol. The SMILES string of the molecule is CC1CC(NC(=O)c2cccc(S(=O)(=O)NCc3cccs3)c2)CCN1. The van der Waals surface area contributed by atoms with Gasteiger partial charge < -0.3 is 10.6 Å². The highest BCUT2D eigenvalue weighted by Crippen LogP contribution is 2.15. The molecular formula is C18H23N3O3S2. The molecule has 1 aromatic carbocycles. The minimum atomic E-state index is -3.67. The van der Waals surface area contributed by atoms with Crippen molar-refractivity contribution in [3.05, 3.63) is 52.2 Å². The van der Waals surface area contributed by atoms with Gasteiger partial charge in [0.25, 0.3) is 5.91 Å². The lowest BCUT2D eigenvalue weighted by molar-refractivity contribution is 0.0925. The van der Waals surface area contributed by atoms with Gasteiger partial charge in [-0.2, -0.15) is 0 Å². The number of hydrogen-bond donors (Lipinski definition) is 3. The molecule has 2 atom stereocenters. The highest BCUT2D eigenvalue weighted by Gasteiger charge is 2.21. The van der Waals surface area contributed by atoms with E-state index in [4.69, 9.17) is 0 Å². The molecule has 1 saturated heterocycles. The van der Waals surface area contributed by atoms with Crippen LogP contribution < -0.4 is 15.4 Å². The van der Waals surface area contributed by atoms with Crippen molar-refractivity contribution in [1.82, 2.24) is 15.4 Å². The van der Waals surface area contributed by atoms with E-state index >= 15 is 0 Å². The Balaban J connectivity index is 1.67. The minimum Gasteiger partial charge on any atom is -0.349 e. The van der Waals surface area contributed by atoms with E-state index in [1.54, 1.807) is 12.1 Å². The van der Waals surface area contributed by atoms with Crippen molar-refractivity contribution in [3.8, 4) is 0 Å². The Morgan fingerprint density at radius 3 is 2.88 bits per heavy atom. The van der Waals surface area contributed by atoms with Crippen LogP contribution in [-0.4, -0.2) is 33.0 Å². The Morgan fingerprint density at radius 1 is 1.31 bits per heavy atom. The Labute approximate surface area is 158 Å². The van der Waals surface area contributed by atoms with Crippen LogP contribution in [0.4, 0.5) is 0 Å². The highest BCUT2D eigenvalue weighted by atomic mass is 32.2. The van der Waals surface area contributed by atoms with Crippen molar-refractivity contribution in [2.75, 3.05) is 6.54 Å². The van der Waals surface area contributed by atoms with Gasteiger partial charge in [0.1, 0.15) is 0 Å². The number of sulfonamides is 1.